The number of aliphatic carboxylic acids is 1. The van der Waals surface area contributed by atoms with Crippen molar-refractivity contribution in [3.05, 3.63) is 17.5 Å². The lowest BCUT2D eigenvalue weighted by molar-refractivity contribution is -0.138. The Morgan fingerprint density at radius 3 is 2.55 bits per heavy atom. The maximum Gasteiger partial charge on any atom is 0.303 e. The average molecular weight is 277 g/mol. The van der Waals surface area contributed by atoms with E-state index in [9.17, 15) is 4.79 Å². The van der Waals surface area contributed by atoms with E-state index in [1.165, 1.54) is 18.4 Å². The minimum absolute atomic E-state index is 0.340. The fourth-order valence-electron chi connectivity index (χ4n) is 4.06. The van der Waals surface area contributed by atoms with E-state index in [4.69, 9.17) is 5.11 Å². The summed E-state index contributed by atoms with van der Waals surface area (Å²) in [5.41, 5.74) is 2.42. The van der Waals surface area contributed by atoms with Crippen LogP contribution in [0.2, 0.25) is 0 Å². The van der Waals surface area contributed by atoms with E-state index in [0.717, 1.165) is 25.1 Å². The molecule has 3 rings (SSSR count). The minimum atomic E-state index is -0.647. The van der Waals surface area contributed by atoms with Gasteiger partial charge in [-0.3, -0.25) is 14.4 Å². The number of piperidine rings is 1. The van der Waals surface area contributed by atoms with E-state index in [1.54, 1.807) is 0 Å². The molecule has 20 heavy (non-hydrogen) atoms. The molecule has 1 aromatic rings. The quantitative estimate of drug-likeness (QED) is 0.914. The van der Waals surface area contributed by atoms with Crippen molar-refractivity contribution < 1.29 is 9.90 Å². The Labute approximate surface area is 119 Å². The van der Waals surface area contributed by atoms with Gasteiger partial charge in [0.25, 0.3) is 0 Å². The number of fused-ring (bicyclic) bond motifs is 2. The van der Waals surface area contributed by atoms with Crippen LogP contribution in [0.25, 0.3) is 0 Å². The van der Waals surface area contributed by atoms with Gasteiger partial charge in [0.15, 0.2) is 0 Å². The van der Waals surface area contributed by atoms with Crippen LogP contribution in [0.1, 0.15) is 43.4 Å². The van der Waals surface area contributed by atoms with Gasteiger partial charge >= 0.3 is 5.97 Å². The van der Waals surface area contributed by atoms with Crippen LogP contribution in [-0.2, 0) is 18.4 Å². The number of aryl methyl sites for hydroxylation is 2. The second-order valence-electron chi connectivity index (χ2n) is 6.41. The third kappa shape index (κ3) is 2.59. The molecular weight excluding hydrogens is 254 g/mol. The van der Waals surface area contributed by atoms with Gasteiger partial charge in [-0.1, -0.05) is 0 Å². The molecule has 2 bridgehead atoms. The second kappa shape index (κ2) is 5.20. The molecule has 3 heterocycles. The van der Waals surface area contributed by atoms with Crippen LogP contribution in [0.15, 0.2) is 6.20 Å². The number of carboxylic acids is 1. The van der Waals surface area contributed by atoms with Crippen LogP contribution in [0.3, 0.4) is 0 Å². The monoisotopic (exact) mass is 277 g/mol. The summed E-state index contributed by atoms with van der Waals surface area (Å²) in [6, 6.07) is 1.13. The topological polar surface area (TPSA) is 58.4 Å². The van der Waals surface area contributed by atoms with Gasteiger partial charge in [0.05, 0.1) is 5.69 Å². The normalized spacial score (nSPS) is 29.8. The lowest BCUT2D eigenvalue weighted by atomic mass is 9.88. The molecule has 0 radical (unpaired) electrons. The van der Waals surface area contributed by atoms with Crippen molar-refractivity contribution in [1.29, 1.82) is 0 Å². The molecule has 110 valence electrons. The highest BCUT2D eigenvalue weighted by Gasteiger charge is 2.41. The smallest absolute Gasteiger partial charge is 0.303 e. The highest BCUT2D eigenvalue weighted by atomic mass is 16.4. The zero-order chi connectivity index (χ0) is 14.3. The number of carboxylic acid groups (broad SMARTS) is 1. The van der Waals surface area contributed by atoms with Crippen molar-refractivity contribution in [1.82, 2.24) is 14.7 Å². The Morgan fingerprint density at radius 2 is 2.05 bits per heavy atom. The van der Waals surface area contributed by atoms with Crippen molar-refractivity contribution in [2.75, 3.05) is 0 Å². The van der Waals surface area contributed by atoms with Crippen molar-refractivity contribution in [2.45, 2.75) is 57.7 Å². The summed E-state index contributed by atoms with van der Waals surface area (Å²) in [6.07, 6.45) is 6.98. The van der Waals surface area contributed by atoms with Crippen molar-refractivity contribution in [3.8, 4) is 0 Å². The van der Waals surface area contributed by atoms with Crippen molar-refractivity contribution in [2.24, 2.45) is 13.0 Å². The molecule has 2 aliphatic heterocycles. The summed E-state index contributed by atoms with van der Waals surface area (Å²) in [4.78, 5) is 13.5. The maximum atomic E-state index is 10.9. The molecule has 2 aliphatic rings. The molecule has 1 aromatic heterocycles. The summed E-state index contributed by atoms with van der Waals surface area (Å²) in [5, 5.41) is 13.4. The summed E-state index contributed by atoms with van der Waals surface area (Å²) in [5.74, 6) is -0.276. The molecule has 5 heteroatoms. The highest BCUT2D eigenvalue weighted by Crippen LogP contribution is 2.40. The van der Waals surface area contributed by atoms with E-state index in [1.807, 2.05) is 11.7 Å². The third-order valence-corrected chi connectivity index (χ3v) is 4.91. The fourth-order valence-corrected chi connectivity index (χ4v) is 4.06. The van der Waals surface area contributed by atoms with E-state index in [0.29, 0.717) is 24.4 Å². The predicted octanol–water partition coefficient (Wildman–Crippen LogP) is 1.95. The number of hydrogen-bond acceptors (Lipinski definition) is 3. The molecule has 2 fully saturated rings. The number of carbonyl (C=O) groups is 1. The molecule has 0 amide bonds. The van der Waals surface area contributed by atoms with Crippen LogP contribution in [0.4, 0.5) is 0 Å². The molecule has 2 atom stereocenters. The van der Waals surface area contributed by atoms with Crippen molar-refractivity contribution in [3.63, 3.8) is 0 Å². The standard InChI is InChI=1S/C15H23N3O2/c1-10-12(8-17(2)16-10)9-18-13-3-4-14(18)6-11(5-13)7-15(19)20/h8,11,13-14H,3-7,9H2,1-2H3,(H,19,20). The Kier molecular flexibility index (Phi) is 3.54. The van der Waals surface area contributed by atoms with Gasteiger partial charge < -0.3 is 5.11 Å². The van der Waals surface area contributed by atoms with Gasteiger partial charge in [0, 0.05) is 43.9 Å². The first-order chi connectivity index (χ1) is 9.52. The lowest BCUT2D eigenvalue weighted by Gasteiger charge is -2.38. The van der Waals surface area contributed by atoms with Crippen LogP contribution in [-0.4, -0.2) is 37.8 Å². The van der Waals surface area contributed by atoms with Gasteiger partial charge in [0.2, 0.25) is 0 Å². The molecular formula is C15H23N3O2. The van der Waals surface area contributed by atoms with Crippen LogP contribution >= 0.6 is 0 Å². The van der Waals surface area contributed by atoms with Gasteiger partial charge in [0.1, 0.15) is 0 Å². The largest absolute Gasteiger partial charge is 0.481 e. The Morgan fingerprint density at radius 1 is 1.40 bits per heavy atom. The Bertz CT molecular complexity index is 497. The zero-order valence-electron chi connectivity index (χ0n) is 12.2. The number of nitrogens with zero attached hydrogens (tertiary/aromatic N) is 3. The Hall–Kier alpha value is -1.36. The minimum Gasteiger partial charge on any atom is -0.481 e. The van der Waals surface area contributed by atoms with E-state index in [-0.39, 0.29) is 0 Å². The average Bonchev–Trinajstić information content (AvgIpc) is 2.78. The number of aromatic nitrogens is 2. The van der Waals surface area contributed by atoms with Crippen LogP contribution in [0.5, 0.6) is 0 Å². The molecule has 0 saturated carbocycles. The summed E-state index contributed by atoms with van der Waals surface area (Å²) in [7, 11) is 1.96. The fraction of sp³-hybridized carbons (Fsp3) is 0.733. The van der Waals surface area contributed by atoms with Crippen LogP contribution < -0.4 is 0 Å². The first-order valence-electron chi connectivity index (χ1n) is 7.49. The summed E-state index contributed by atoms with van der Waals surface area (Å²) < 4.78 is 1.88. The first kappa shape index (κ1) is 13.6. The van der Waals surface area contributed by atoms with E-state index >= 15 is 0 Å². The summed E-state index contributed by atoms with van der Waals surface area (Å²) in [6.45, 7) is 3.03. The summed E-state index contributed by atoms with van der Waals surface area (Å²) >= 11 is 0. The molecule has 5 nitrogen and oxygen atoms in total. The van der Waals surface area contributed by atoms with Crippen molar-refractivity contribution >= 4 is 5.97 Å². The predicted molar refractivity (Wildman–Crippen MR) is 75.3 cm³/mol. The van der Waals surface area contributed by atoms with Gasteiger partial charge in [-0.05, 0) is 38.5 Å². The van der Waals surface area contributed by atoms with Crippen LogP contribution in [0, 0.1) is 12.8 Å². The van der Waals surface area contributed by atoms with E-state index in [2.05, 4.69) is 23.1 Å². The number of hydrogen-bond donors (Lipinski definition) is 1. The molecule has 1 N–H and O–H groups in total. The second-order valence-corrected chi connectivity index (χ2v) is 6.41. The first-order valence-corrected chi connectivity index (χ1v) is 7.49. The number of rotatable bonds is 4. The van der Waals surface area contributed by atoms with Gasteiger partial charge in [-0.25, -0.2) is 0 Å². The molecule has 0 aliphatic carbocycles. The molecule has 2 unspecified atom stereocenters. The molecule has 0 aromatic carbocycles. The van der Waals surface area contributed by atoms with Gasteiger partial charge in [-0.15, -0.1) is 0 Å². The van der Waals surface area contributed by atoms with E-state index < -0.39 is 5.97 Å². The third-order valence-electron chi connectivity index (χ3n) is 4.91. The molecule has 2 saturated heterocycles. The molecule has 0 spiro atoms. The van der Waals surface area contributed by atoms with Gasteiger partial charge in [-0.2, -0.15) is 5.10 Å². The zero-order valence-corrected chi connectivity index (χ0v) is 12.2. The maximum absolute atomic E-state index is 10.9. The lowest BCUT2D eigenvalue weighted by Crippen LogP contribution is -2.42. The highest BCUT2D eigenvalue weighted by molar-refractivity contribution is 5.67. The SMILES string of the molecule is Cc1nn(C)cc1CN1C2CCC1CC(CC(=O)O)C2. The Balaban J connectivity index is 1.68.